The van der Waals surface area contributed by atoms with Crippen LogP contribution >= 0.6 is 0 Å². The normalized spacial score (nSPS) is 19.4. The molecule has 2 N–H and O–H groups in total. The summed E-state index contributed by atoms with van der Waals surface area (Å²) in [6.07, 6.45) is 8.21. The van der Waals surface area contributed by atoms with Crippen LogP contribution in [0.1, 0.15) is 62.1 Å². The molecule has 2 heterocycles. The first-order valence-corrected chi connectivity index (χ1v) is 15.9. The van der Waals surface area contributed by atoms with E-state index in [4.69, 9.17) is 0 Å². The molecule has 45 heavy (non-hydrogen) atoms. The lowest BCUT2D eigenvalue weighted by Gasteiger charge is -2.28. The molecule has 0 radical (unpaired) electrons. The van der Waals surface area contributed by atoms with E-state index in [0.29, 0.717) is 30.8 Å². The molecule has 2 aliphatic rings. The van der Waals surface area contributed by atoms with Gasteiger partial charge in [-0.1, -0.05) is 92.6 Å². The first-order valence-electron chi connectivity index (χ1n) is 15.9. The molecule has 3 aromatic carbocycles. The van der Waals surface area contributed by atoms with Crippen molar-refractivity contribution in [2.75, 3.05) is 29.5 Å². The van der Waals surface area contributed by atoms with Crippen LogP contribution in [0, 0.1) is 5.92 Å². The molecule has 1 fully saturated rings. The van der Waals surface area contributed by atoms with Crippen LogP contribution in [0.2, 0.25) is 0 Å². The van der Waals surface area contributed by atoms with E-state index < -0.39 is 17.4 Å². The molecule has 236 valence electrons. The zero-order chi connectivity index (χ0) is 31.8. The average molecular weight is 610 g/mol. The topological polar surface area (TPSA) is 101 Å². The third kappa shape index (κ3) is 7.18. The van der Waals surface area contributed by atoms with Crippen molar-refractivity contribution >= 4 is 29.1 Å². The van der Waals surface area contributed by atoms with Crippen LogP contribution in [0.5, 0.6) is 0 Å². The van der Waals surface area contributed by atoms with E-state index in [-0.39, 0.29) is 37.9 Å². The predicted octanol–water partition coefficient (Wildman–Crippen LogP) is 5.32. The van der Waals surface area contributed by atoms with Crippen molar-refractivity contribution in [3.05, 3.63) is 108 Å². The van der Waals surface area contributed by atoms with Gasteiger partial charge in [-0.3, -0.25) is 14.4 Å². The van der Waals surface area contributed by atoms with Gasteiger partial charge < -0.3 is 24.9 Å². The Kier molecular flexibility index (Phi) is 10.5. The number of hydrogen-bond donors (Lipinski definition) is 2. The number of benzene rings is 3. The summed E-state index contributed by atoms with van der Waals surface area (Å²) in [6, 6.07) is 24.7. The molecule has 1 saturated heterocycles. The largest absolute Gasteiger partial charge is 0.395 e. The van der Waals surface area contributed by atoms with Crippen molar-refractivity contribution in [3.8, 4) is 0 Å². The minimum atomic E-state index is -1.79. The maximum Gasteiger partial charge on any atom is 0.264 e. The summed E-state index contributed by atoms with van der Waals surface area (Å²) >= 11 is 0. The predicted molar refractivity (Wildman–Crippen MR) is 175 cm³/mol. The van der Waals surface area contributed by atoms with E-state index in [0.717, 1.165) is 42.5 Å². The molecule has 2 atom stereocenters. The number of hydrogen-bond acceptors (Lipinski definition) is 5. The number of anilines is 2. The van der Waals surface area contributed by atoms with Gasteiger partial charge in [0.15, 0.2) is 5.60 Å². The van der Waals surface area contributed by atoms with Crippen LogP contribution in [-0.2, 0) is 33.1 Å². The highest BCUT2D eigenvalue weighted by molar-refractivity contribution is 6.07. The first kappa shape index (κ1) is 32.1. The average Bonchev–Trinajstić information content (AvgIpc) is 3.26. The number of fused-ring (bicyclic) bond motifs is 1. The number of amides is 3. The Morgan fingerprint density at radius 1 is 0.933 bits per heavy atom. The van der Waals surface area contributed by atoms with Gasteiger partial charge in [-0.2, -0.15) is 0 Å². The third-order valence-electron chi connectivity index (χ3n) is 8.90. The van der Waals surface area contributed by atoms with Crippen LogP contribution < -0.4 is 9.80 Å². The van der Waals surface area contributed by atoms with Crippen LogP contribution in [0.25, 0.3) is 0 Å². The van der Waals surface area contributed by atoms with Gasteiger partial charge in [0.25, 0.3) is 5.91 Å². The van der Waals surface area contributed by atoms with Gasteiger partial charge >= 0.3 is 0 Å². The van der Waals surface area contributed by atoms with Crippen molar-refractivity contribution in [3.63, 3.8) is 0 Å². The molecule has 3 amide bonds. The molecule has 0 spiro atoms. The Labute approximate surface area is 265 Å². The summed E-state index contributed by atoms with van der Waals surface area (Å²) in [6.45, 7) is 3.24. The fraction of sp³-hybridized carbons (Fsp3) is 0.378. The fourth-order valence-corrected chi connectivity index (χ4v) is 6.31. The number of rotatable bonds is 11. The zero-order valence-electron chi connectivity index (χ0n) is 26.0. The molecule has 0 aliphatic carbocycles. The molecule has 0 saturated carbocycles. The van der Waals surface area contributed by atoms with Crippen molar-refractivity contribution in [2.24, 2.45) is 5.92 Å². The van der Waals surface area contributed by atoms with E-state index >= 15 is 0 Å². The summed E-state index contributed by atoms with van der Waals surface area (Å²) in [5, 5.41) is 21.5. The monoisotopic (exact) mass is 609 g/mol. The van der Waals surface area contributed by atoms with Gasteiger partial charge in [-0.15, -0.1) is 0 Å². The number of aliphatic hydroxyl groups excluding tert-OH is 1. The zero-order valence-corrected chi connectivity index (χ0v) is 26.0. The Bertz CT molecular complexity index is 1510. The Balaban J connectivity index is 1.28. The van der Waals surface area contributed by atoms with E-state index in [2.05, 4.69) is 0 Å². The number of carbonyl (C=O) groups is 3. The lowest BCUT2D eigenvalue weighted by atomic mass is 9.83. The van der Waals surface area contributed by atoms with Crippen molar-refractivity contribution in [1.29, 1.82) is 0 Å². The van der Waals surface area contributed by atoms with Crippen molar-refractivity contribution in [2.45, 2.75) is 64.1 Å². The lowest BCUT2D eigenvalue weighted by Crippen LogP contribution is -2.44. The Morgan fingerprint density at radius 3 is 2.40 bits per heavy atom. The maximum absolute atomic E-state index is 13.9. The van der Waals surface area contributed by atoms with Gasteiger partial charge in [0.2, 0.25) is 11.8 Å². The molecule has 2 aliphatic heterocycles. The van der Waals surface area contributed by atoms with Crippen molar-refractivity contribution in [1.82, 2.24) is 4.90 Å². The Hall–Kier alpha value is -4.27. The molecule has 8 nitrogen and oxygen atoms in total. The smallest absolute Gasteiger partial charge is 0.264 e. The highest BCUT2D eigenvalue weighted by atomic mass is 16.3. The van der Waals surface area contributed by atoms with Crippen LogP contribution in [-0.4, -0.2) is 52.5 Å². The van der Waals surface area contributed by atoms with Gasteiger partial charge in [0.1, 0.15) is 0 Å². The van der Waals surface area contributed by atoms with Gasteiger partial charge in [-0.05, 0) is 42.2 Å². The summed E-state index contributed by atoms with van der Waals surface area (Å²) in [7, 11) is 0. The molecule has 8 heteroatoms. The highest BCUT2D eigenvalue weighted by Crippen LogP contribution is 2.45. The van der Waals surface area contributed by atoms with E-state index in [1.54, 1.807) is 34.9 Å². The molecule has 0 bridgehead atoms. The third-order valence-corrected chi connectivity index (χ3v) is 8.90. The summed E-state index contributed by atoms with van der Waals surface area (Å²) < 4.78 is 0. The molecule has 0 unspecified atom stereocenters. The van der Waals surface area contributed by atoms with Crippen molar-refractivity contribution < 1.29 is 24.6 Å². The second kappa shape index (κ2) is 14.7. The standard InChI is InChI=1S/C37H43N3O5/c1-28(12-11-18-34(42)38(24-25-41)26-29-13-5-4-6-14-29)37(45)32-15-8-9-16-33(32)40(36(37)44)27-30-19-21-31(22-20-30)39-23-10-3-2-7-17-35(39)43/h4-6,8-9,11-16,19-22,28,41,45H,2-3,7,10,17-18,23-27H2,1H3/b12-11+/t28-,37+/m0/s1. The number of nitrogens with zero attached hydrogens (tertiary/aromatic N) is 3. The first-order chi connectivity index (χ1) is 21.8. The van der Waals surface area contributed by atoms with E-state index in [1.807, 2.05) is 77.7 Å². The molecule has 5 rings (SSSR count). The highest BCUT2D eigenvalue weighted by Gasteiger charge is 2.52. The van der Waals surface area contributed by atoms with Crippen LogP contribution in [0.4, 0.5) is 11.4 Å². The fourth-order valence-electron chi connectivity index (χ4n) is 6.31. The lowest BCUT2D eigenvalue weighted by molar-refractivity contribution is -0.139. The van der Waals surface area contributed by atoms with E-state index in [9.17, 15) is 24.6 Å². The molecule has 0 aromatic heterocycles. The summed E-state index contributed by atoms with van der Waals surface area (Å²) in [5.41, 5.74) is 2.13. The summed E-state index contributed by atoms with van der Waals surface area (Å²) in [4.78, 5) is 44.7. The minimum Gasteiger partial charge on any atom is -0.395 e. The number of aliphatic hydroxyl groups is 2. The maximum atomic E-state index is 13.9. The minimum absolute atomic E-state index is 0.0820. The van der Waals surface area contributed by atoms with Crippen LogP contribution in [0.3, 0.4) is 0 Å². The Morgan fingerprint density at radius 2 is 1.64 bits per heavy atom. The number of carbonyl (C=O) groups excluding carboxylic acids is 3. The number of para-hydroxylation sites is 1. The van der Waals surface area contributed by atoms with Gasteiger partial charge in [0, 0.05) is 49.6 Å². The second-order valence-corrected chi connectivity index (χ2v) is 12.0. The SMILES string of the molecule is C[C@@H](/C=C/CC(=O)N(CCO)Cc1ccccc1)[C@]1(O)C(=O)N(Cc2ccc(N3CCCCCCC3=O)cc2)c2ccccc21. The molecular weight excluding hydrogens is 566 g/mol. The quantitative estimate of drug-likeness (QED) is 0.287. The van der Waals surface area contributed by atoms with Gasteiger partial charge in [0.05, 0.1) is 18.8 Å². The van der Waals surface area contributed by atoms with E-state index in [1.165, 1.54) is 0 Å². The van der Waals surface area contributed by atoms with Crippen LogP contribution in [0.15, 0.2) is 91.0 Å². The van der Waals surface area contributed by atoms with Gasteiger partial charge in [-0.25, -0.2) is 0 Å². The second-order valence-electron chi connectivity index (χ2n) is 12.0. The molecular formula is C37H43N3O5. The molecule has 3 aromatic rings. The summed E-state index contributed by atoms with van der Waals surface area (Å²) in [5.74, 6) is -1.02.